The second-order valence-electron chi connectivity index (χ2n) is 7.98. The molecule has 2 fully saturated rings. The van der Waals surface area contributed by atoms with Crippen molar-refractivity contribution in [3.63, 3.8) is 0 Å². The summed E-state index contributed by atoms with van der Waals surface area (Å²) in [7, 11) is -3.87. The van der Waals surface area contributed by atoms with Crippen LogP contribution in [-0.2, 0) is 24.3 Å². The Balaban J connectivity index is 1.68. The van der Waals surface area contributed by atoms with Gasteiger partial charge in [-0.1, -0.05) is 25.4 Å². The predicted molar refractivity (Wildman–Crippen MR) is 111 cm³/mol. The zero-order chi connectivity index (χ0) is 21.9. The molecule has 2 saturated heterocycles. The number of hydrogen-bond donors (Lipinski definition) is 0. The number of esters is 1. The van der Waals surface area contributed by atoms with E-state index < -0.39 is 16.0 Å². The maximum absolute atomic E-state index is 12.9. The van der Waals surface area contributed by atoms with Crippen LogP contribution in [0.4, 0.5) is 0 Å². The van der Waals surface area contributed by atoms with Gasteiger partial charge >= 0.3 is 5.97 Å². The number of rotatable bonds is 5. The van der Waals surface area contributed by atoms with Crippen LogP contribution < -0.4 is 0 Å². The Kier molecular flexibility index (Phi) is 7.38. The number of likely N-dealkylation sites (tertiary alicyclic amines) is 1. The molecule has 8 nitrogen and oxygen atoms in total. The van der Waals surface area contributed by atoms with Gasteiger partial charge in [-0.3, -0.25) is 4.79 Å². The lowest BCUT2D eigenvalue weighted by Gasteiger charge is -2.34. The molecule has 2 heterocycles. The van der Waals surface area contributed by atoms with Crippen molar-refractivity contribution in [3.8, 4) is 0 Å². The standard InChI is InChI=1S/C20H27ClN2O6S/c1-14-9-15(2)12-22(11-14)19(24)13-29-20(25)16-3-4-17(21)18(10-16)30(26,27)23-5-7-28-8-6-23/h3-4,10,14-15H,5-9,11-13H2,1-2H3. The largest absolute Gasteiger partial charge is 0.452 e. The van der Waals surface area contributed by atoms with E-state index in [9.17, 15) is 18.0 Å². The van der Waals surface area contributed by atoms with E-state index >= 15 is 0 Å². The summed E-state index contributed by atoms with van der Waals surface area (Å²) in [5.41, 5.74) is 0.0272. The van der Waals surface area contributed by atoms with Gasteiger partial charge in [0, 0.05) is 26.2 Å². The zero-order valence-electron chi connectivity index (χ0n) is 17.2. The molecule has 0 saturated carbocycles. The maximum atomic E-state index is 12.9. The molecule has 2 aliphatic heterocycles. The molecule has 30 heavy (non-hydrogen) atoms. The Morgan fingerprint density at radius 1 is 1.17 bits per heavy atom. The summed E-state index contributed by atoms with van der Waals surface area (Å²) in [5, 5.41) is 0.0189. The van der Waals surface area contributed by atoms with Gasteiger partial charge in [-0.15, -0.1) is 0 Å². The summed E-state index contributed by atoms with van der Waals surface area (Å²) in [5.74, 6) is -0.219. The van der Waals surface area contributed by atoms with Crippen LogP contribution in [0.15, 0.2) is 23.1 Å². The molecule has 1 aromatic rings. The number of ether oxygens (including phenoxy) is 2. The van der Waals surface area contributed by atoms with Crippen molar-refractivity contribution in [1.82, 2.24) is 9.21 Å². The highest BCUT2D eigenvalue weighted by molar-refractivity contribution is 7.89. The van der Waals surface area contributed by atoms with Crippen molar-refractivity contribution in [2.45, 2.75) is 25.2 Å². The Bertz CT molecular complexity index is 891. The monoisotopic (exact) mass is 458 g/mol. The SMILES string of the molecule is CC1CC(C)CN(C(=O)COC(=O)c2ccc(Cl)c(S(=O)(=O)N3CCOCC3)c2)C1. The second-order valence-corrected chi connectivity index (χ2v) is 10.3. The van der Waals surface area contributed by atoms with Crippen molar-refractivity contribution in [2.75, 3.05) is 46.0 Å². The van der Waals surface area contributed by atoms with Crippen LogP contribution >= 0.6 is 11.6 Å². The highest BCUT2D eigenvalue weighted by Gasteiger charge is 2.30. The van der Waals surface area contributed by atoms with Crippen LogP contribution in [0.2, 0.25) is 5.02 Å². The first-order chi connectivity index (χ1) is 14.2. The van der Waals surface area contributed by atoms with Gasteiger partial charge in [0.15, 0.2) is 6.61 Å². The molecule has 1 aromatic carbocycles. The van der Waals surface area contributed by atoms with E-state index in [1.54, 1.807) is 4.90 Å². The normalized spacial score (nSPS) is 23.2. The molecule has 0 aliphatic carbocycles. The van der Waals surface area contributed by atoms with Gasteiger partial charge in [0.2, 0.25) is 10.0 Å². The van der Waals surface area contributed by atoms with Crippen molar-refractivity contribution < 1.29 is 27.5 Å². The first kappa shape index (κ1) is 23.0. The molecule has 2 aliphatic rings. The first-order valence-corrected chi connectivity index (χ1v) is 11.8. The minimum Gasteiger partial charge on any atom is -0.452 e. The van der Waals surface area contributed by atoms with Gasteiger partial charge < -0.3 is 14.4 Å². The molecule has 166 valence electrons. The van der Waals surface area contributed by atoms with Crippen molar-refractivity contribution in [3.05, 3.63) is 28.8 Å². The third-order valence-corrected chi connectivity index (χ3v) is 7.68. The van der Waals surface area contributed by atoms with E-state index in [0.717, 1.165) is 6.42 Å². The summed E-state index contributed by atoms with van der Waals surface area (Å²) < 4.78 is 37.4. The molecule has 10 heteroatoms. The number of morpholine rings is 1. The summed E-state index contributed by atoms with van der Waals surface area (Å²) >= 11 is 6.11. The lowest BCUT2D eigenvalue weighted by atomic mass is 9.92. The number of carbonyl (C=O) groups is 2. The van der Waals surface area contributed by atoms with Crippen LogP contribution in [0.3, 0.4) is 0 Å². The van der Waals surface area contributed by atoms with Gasteiger partial charge in [-0.05, 0) is 36.5 Å². The number of benzene rings is 1. The van der Waals surface area contributed by atoms with E-state index in [1.807, 2.05) is 0 Å². The van der Waals surface area contributed by atoms with E-state index in [-0.39, 0.29) is 41.1 Å². The van der Waals surface area contributed by atoms with E-state index in [1.165, 1.54) is 22.5 Å². The smallest absolute Gasteiger partial charge is 0.338 e. The Hall–Kier alpha value is -1.68. The van der Waals surface area contributed by atoms with Crippen molar-refractivity contribution in [2.24, 2.45) is 11.8 Å². The van der Waals surface area contributed by atoms with Crippen LogP contribution in [0.5, 0.6) is 0 Å². The van der Waals surface area contributed by atoms with Gasteiger partial charge in [0.1, 0.15) is 4.90 Å². The molecule has 0 spiro atoms. The minimum atomic E-state index is -3.87. The first-order valence-electron chi connectivity index (χ1n) is 10.0. The molecule has 1 amide bonds. The van der Waals surface area contributed by atoms with Crippen molar-refractivity contribution in [1.29, 1.82) is 0 Å². The summed E-state index contributed by atoms with van der Waals surface area (Å²) in [6.45, 7) is 6.11. The Labute approximate surface area is 182 Å². The zero-order valence-corrected chi connectivity index (χ0v) is 18.7. The molecule has 0 N–H and O–H groups in total. The van der Waals surface area contributed by atoms with E-state index in [0.29, 0.717) is 38.1 Å². The highest BCUT2D eigenvalue weighted by Crippen LogP contribution is 2.27. The molecular weight excluding hydrogens is 432 g/mol. The van der Waals surface area contributed by atoms with Crippen LogP contribution in [-0.4, -0.2) is 75.5 Å². The average Bonchev–Trinajstić information content (AvgIpc) is 2.71. The Morgan fingerprint density at radius 2 is 1.80 bits per heavy atom. The average molecular weight is 459 g/mol. The minimum absolute atomic E-state index is 0.0189. The Morgan fingerprint density at radius 3 is 2.43 bits per heavy atom. The number of sulfonamides is 1. The summed E-state index contributed by atoms with van der Waals surface area (Å²) in [6.07, 6.45) is 1.06. The fraction of sp³-hybridized carbons (Fsp3) is 0.600. The molecule has 0 aromatic heterocycles. The molecule has 0 radical (unpaired) electrons. The van der Waals surface area contributed by atoms with Gasteiger partial charge in [-0.2, -0.15) is 4.31 Å². The number of halogens is 1. The quantitative estimate of drug-likeness (QED) is 0.627. The maximum Gasteiger partial charge on any atom is 0.338 e. The number of carbonyl (C=O) groups excluding carboxylic acids is 2. The number of nitrogens with zero attached hydrogens (tertiary/aromatic N) is 2. The molecule has 0 bridgehead atoms. The molecular formula is C20H27ClN2O6S. The number of amides is 1. The number of hydrogen-bond acceptors (Lipinski definition) is 6. The lowest BCUT2D eigenvalue weighted by molar-refractivity contribution is -0.137. The molecule has 3 rings (SSSR count). The van der Waals surface area contributed by atoms with E-state index in [2.05, 4.69) is 13.8 Å². The third kappa shape index (κ3) is 5.32. The van der Waals surface area contributed by atoms with Crippen molar-refractivity contribution >= 4 is 33.5 Å². The highest BCUT2D eigenvalue weighted by atomic mass is 35.5. The summed E-state index contributed by atoms with van der Waals surface area (Å²) in [4.78, 5) is 26.4. The fourth-order valence-corrected chi connectivity index (χ4v) is 5.83. The van der Waals surface area contributed by atoms with Crippen LogP contribution in [0.25, 0.3) is 0 Å². The van der Waals surface area contributed by atoms with Crippen LogP contribution in [0.1, 0.15) is 30.6 Å². The fourth-order valence-electron chi connectivity index (χ4n) is 3.92. The molecule has 2 atom stereocenters. The predicted octanol–water partition coefficient (Wildman–Crippen LogP) is 2.02. The topological polar surface area (TPSA) is 93.2 Å². The van der Waals surface area contributed by atoms with Gasteiger partial charge in [0.05, 0.1) is 23.8 Å². The van der Waals surface area contributed by atoms with Crippen LogP contribution in [0, 0.1) is 11.8 Å². The van der Waals surface area contributed by atoms with Gasteiger partial charge in [-0.25, -0.2) is 13.2 Å². The van der Waals surface area contributed by atoms with E-state index in [4.69, 9.17) is 21.1 Å². The number of piperidine rings is 1. The second kappa shape index (κ2) is 9.64. The third-order valence-electron chi connectivity index (χ3n) is 5.30. The summed E-state index contributed by atoms with van der Waals surface area (Å²) in [6, 6.07) is 3.94. The molecule has 2 unspecified atom stereocenters. The van der Waals surface area contributed by atoms with Gasteiger partial charge in [0.25, 0.3) is 5.91 Å². The lowest BCUT2D eigenvalue weighted by Crippen LogP contribution is -2.44.